The van der Waals surface area contributed by atoms with Gasteiger partial charge in [0, 0.05) is 6.20 Å². The molecule has 1 saturated heterocycles. The largest absolute Gasteiger partial charge is 0.507 e. The third-order valence-corrected chi connectivity index (χ3v) is 6.86. The number of aromatic nitrogens is 2. The lowest BCUT2D eigenvalue weighted by Gasteiger charge is -2.22. The van der Waals surface area contributed by atoms with Crippen LogP contribution in [0.15, 0.2) is 66.4 Å². The Morgan fingerprint density at radius 3 is 2.62 bits per heavy atom. The molecule has 0 spiro atoms. The fraction of sp³-hybridized carbons (Fsp3) is 0.120. The molecule has 9 heteroatoms. The van der Waals surface area contributed by atoms with Crippen molar-refractivity contribution in [2.75, 3.05) is 12.0 Å². The Morgan fingerprint density at radius 1 is 1.15 bits per heavy atom. The number of carbonyl (C=O) groups excluding carboxylic acids is 2. The van der Waals surface area contributed by atoms with E-state index in [9.17, 15) is 14.7 Å². The zero-order valence-electron chi connectivity index (χ0n) is 18.2. The minimum Gasteiger partial charge on any atom is -0.507 e. The summed E-state index contributed by atoms with van der Waals surface area (Å²) in [4.78, 5) is 36.9. The van der Waals surface area contributed by atoms with E-state index in [1.807, 2.05) is 24.3 Å². The number of nitrogens with zero attached hydrogens (tertiary/aromatic N) is 3. The highest BCUT2D eigenvalue weighted by molar-refractivity contribution is 7.22. The molecule has 5 rings (SSSR count). The highest BCUT2D eigenvalue weighted by Crippen LogP contribution is 2.45. The predicted molar refractivity (Wildman–Crippen MR) is 131 cm³/mol. The zero-order chi connectivity index (χ0) is 24.0. The second-order valence-electron chi connectivity index (χ2n) is 7.72. The summed E-state index contributed by atoms with van der Waals surface area (Å²) in [6.45, 7) is 1.80. The summed E-state index contributed by atoms with van der Waals surface area (Å²) in [6.07, 6.45) is 1.57. The van der Waals surface area contributed by atoms with Gasteiger partial charge in [-0.1, -0.05) is 41.1 Å². The Bertz CT molecular complexity index is 1450. The molecule has 0 radical (unpaired) electrons. The molecule has 1 aliphatic heterocycles. The number of methoxy groups -OCH3 is 1. The number of ketones is 1. The van der Waals surface area contributed by atoms with Gasteiger partial charge in [0.25, 0.3) is 5.78 Å². The molecule has 2 aromatic heterocycles. The standard InChI is InChI=1S/C25H18ClN3O4S/c1-13-11-14(23(33-2)15(26)12-13)21(30)19-20(17-8-5-6-10-27-17)29(24(32)22(19)31)25-28-16-7-3-4-9-18(16)34-25/h3-12,20,30H,1-2H3/b21-19+. The Labute approximate surface area is 203 Å². The summed E-state index contributed by atoms with van der Waals surface area (Å²) in [5, 5.41) is 12.0. The zero-order valence-corrected chi connectivity index (χ0v) is 19.7. The summed E-state index contributed by atoms with van der Waals surface area (Å²) < 4.78 is 6.27. The van der Waals surface area contributed by atoms with Crippen LogP contribution in [-0.2, 0) is 9.59 Å². The number of hydrogen-bond acceptors (Lipinski definition) is 7. The van der Waals surface area contributed by atoms with Gasteiger partial charge in [-0.05, 0) is 48.9 Å². The number of aliphatic hydroxyl groups is 1. The molecule has 3 heterocycles. The van der Waals surface area contributed by atoms with Crippen molar-refractivity contribution in [2.45, 2.75) is 13.0 Å². The van der Waals surface area contributed by atoms with Crippen molar-refractivity contribution in [3.05, 3.63) is 88.2 Å². The molecule has 1 amide bonds. The van der Waals surface area contributed by atoms with E-state index in [0.29, 0.717) is 16.3 Å². The van der Waals surface area contributed by atoms with Crippen molar-refractivity contribution >= 4 is 55.7 Å². The first-order valence-corrected chi connectivity index (χ1v) is 11.5. The topological polar surface area (TPSA) is 92.6 Å². The van der Waals surface area contributed by atoms with Gasteiger partial charge < -0.3 is 9.84 Å². The van der Waals surface area contributed by atoms with Crippen LogP contribution in [-0.4, -0.2) is 33.9 Å². The molecule has 0 saturated carbocycles. The van der Waals surface area contributed by atoms with Gasteiger partial charge in [-0.2, -0.15) is 0 Å². The van der Waals surface area contributed by atoms with E-state index in [4.69, 9.17) is 16.3 Å². The Balaban J connectivity index is 1.77. The van der Waals surface area contributed by atoms with Gasteiger partial charge in [0.15, 0.2) is 5.13 Å². The number of rotatable bonds is 4. The van der Waals surface area contributed by atoms with Gasteiger partial charge in [-0.15, -0.1) is 0 Å². The van der Waals surface area contributed by atoms with E-state index in [1.165, 1.54) is 23.3 Å². The Morgan fingerprint density at radius 2 is 1.91 bits per heavy atom. The number of thiazole rings is 1. The van der Waals surface area contributed by atoms with Crippen molar-refractivity contribution in [1.29, 1.82) is 0 Å². The number of anilines is 1. The number of ether oxygens (including phenoxy) is 1. The SMILES string of the molecule is COc1c(Cl)cc(C)cc1/C(O)=C1\C(=O)C(=O)N(c2nc3ccccc3s2)C1c1ccccn1. The molecule has 7 nitrogen and oxygen atoms in total. The lowest BCUT2D eigenvalue weighted by atomic mass is 9.97. The van der Waals surface area contributed by atoms with Crippen molar-refractivity contribution in [2.24, 2.45) is 0 Å². The van der Waals surface area contributed by atoms with Crippen LogP contribution in [0.2, 0.25) is 5.02 Å². The minimum absolute atomic E-state index is 0.108. The van der Waals surface area contributed by atoms with Crippen molar-refractivity contribution < 1.29 is 19.4 Å². The second kappa shape index (κ2) is 8.55. The molecule has 4 aromatic rings. The number of Topliss-reactive ketones (excluding diaryl/α,β-unsaturated/α-hetero) is 1. The Kier molecular flexibility index (Phi) is 5.55. The first-order valence-electron chi connectivity index (χ1n) is 10.3. The van der Waals surface area contributed by atoms with Crippen LogP contribution >= 0.6 is 22.9 Å². The van der Waals surface area contributed by atoms with Gasteiger partial charge in [-0.25, -0.2) is 4.98 Å². The number of benzene rings is 2. The smallest absolute Gasteiger partial charge is 0.301 e. The number of para-hydroxylation sites is 1. The van der Waals surface area contributed by atoms with Crippen LogP contribution in [0.5, 0.6) is 5.75 Å². The fourth-order valence-electron chi connectivity index (χ4n) is 4.07. The number of halogens is 1. The summed E-state index contributed by atoms with van der Waals surface area (Å²) in [6, 6.07) is 15.0. The van der Waals surface area contributed by atoms with E-state index < -0.39 is 17.7 Å². The highest BCUT2D eigenvalue weighted by Gasteiger charge is 2.49. The number of aryl methyl sites for hydroxylation is 1. The van der Waals surface area contributed by atoms with Crippen molar-refractivity contribution in [1.82, 2.24) is 9.97 Å². The first kappa shape index (κ1) is 22.1. The van der Waals surface area contributed by atoms with Crippen LogP contribution < -0.4 is 9.64 Å². The molecular weight excluding hydrogens is 474 g/mol. The highest BCUT2D eigenvalue weighted by atomic mass is 35.5. The van der Waals surface area contributed by atoms with Crippen LogP contribution in [0.4, 0.5) is 5.13 Å². The number of hydrogen-bond donors (Lipinski definition) is 1. The Hall–Kier alpha value is -3.75. The molecule has 0 aliphatic carbocycles. The molecule has 1 aliphatic rings. The molecule has 34 heavy (non-hydrogen) atoms. The number of fused-ring (bicyclic) bond motifs is 1. The molecule has 170 valence electrons. The quantitative estimate of drug-likeness (QED) is 0.237. The molecule has 1 N–H and O–H groups in total. The maximum absolute atomic E-state index is 13.3. The first-order chi connectivity index (χ1) is 16.4. The molecule has 1 fully saturated rings. The van der Waals surface area contributed by atoms with E-state index in [1.54, 1.807) is 43.5 Å². The van der Waals surface area contributed by atoms with E-state index in [2.05, 4.69) is 9.97 Å². The van der Waals surface area contributed by atoms with Gasteiger partial charge in [0.1, 0.15) is 17.6 Å². The van der Waals surface area contributed by atoms with Gasteiger partial charge >= 0.3 is 5.91 Å². The number of pyridine rings is 1. The van der Waals surface area contributed by atoms with E-state index in [0.717, 1.165) is 10.3 Å². The molecular formula is C25H18ClN3O4S. The maximum atomic E-state index is 13.3. The molecule has 1 unspecified atom stereocenters. The van der Waals surface area contributed by atoms with E-state index >= 15 is 0 Å². The summed E-state index contributed by atoms with van der Waals surface area (Å²) in [5.41, 5.74) is 1.98. The maximum Gasteiger partial charge on any atom is 0.301 e. The van der Waals surface area contributed by atoms with Crippen molar-refractivity contribution in [3.8, 4) is 5.75 Å². The van der Waals surface area contributed by atoms with Gasteiger partial charge in [-0.3, -0.25) is 19.5 Å². The lowest BCUT2D eigenvalue weighted by molar-refractivity contribution is -0.132. The van der Waals surface area contributed by atoms with Crippen LogP contribution in [0, 0.1) is 6.92 Å². The van der Waals surface area contributed by atoms with Crippen molar-refractivity contribution in [3.63, 3.8) is 0 Å². The number of aliphatic hydroxyl groups excluding tert-OH is 1. The van der Waals surface area contributed by atoms with Gasteiger partial charge in [0.05, 0.1) is 39.2 Å². The van der Waals surface area contributed by atoms with Crippen LogP contribution in [0.3, 0.4) is 0 Å². The van der Waals surface area contributed by atoms with Gasteiger partial charge in [0.2, 0.25) is 0 Å². The fourth-order valence-corrected chi connectivity index (χ4v) is 5.41. The monoisotopic (exact) mass is 491 g/mol. The summed E-state index contributed by atoms with van der Waals surface area (Å²) in [5.74, 6) is -1.82. The normalized spacial score (nSPS) is 17.5. The summed E-state index contributed by atoms with van der Waals surface area (Å²) >= 11 is 7.62. The average molecular weight is 492 g/mol. The number of carbonyl (C=O) groups is 2. The molecule has 2 aromatic carbocycles. The minimum atomic E-state index is -0.981. The number of amides is 1. The van der Waals surface area contributed by atoms with E-state index in [-0.39, 0.29) is 27.7 Å². The molecule has 0 bridgehead atoms. The predicted octanol–water partition coefficient (Wildman–Crippen LogP) is 5.29. The lowest BCUT2D eigenvalue weighted by Crippen LogP contribution is -2.29. The summed E-state index contributed by atoms with van der Waals surface area (Å²) in [7, 11) is 1.42. The third kappa shape index (κ3) is 3.52. The molecule has 1 atom stereocenters. The second-order valence-corrected chi connectivity index (χ2v) is 9.13. The third-order valence-electron chi connectivity index (χ3n) is 5.55. The van der Waals surface area contributed by atoms with Crippen LogP contribution in [0.25, 0.3) is 16.0 Å². The van der Waals surface area contributed by atoms with Crippen LogP contribution in [0.1, 0.15) is 22.9 Å². The average Bonchev–Trinajstić information content (AvgIpc) is 3.37.